The molecule has 0 unspecified atom stereocenters. The van der Waals surface area contributed by atoms with Crippen molar-refractivity contribution in [3.05, 3.63) is 71.2 Å². The van der Waals surface area contributed by atoms with E-state index in [-0.39, 0.29) is 18.2 Å². The lowest BCUT2D eigenvalue weighted by molar-refractivity contribution is -0.129. The summed E-state index contributed by atoms with van der Waals surface area (Å²) in [7, 11) is 0. The van der Waals surface area contributed by atoms with Gasteiger partial charge in [-0.1, -0.05) is 24.3 Å². The van der Waals surface area contributed by atoms with Crippen LogP contribution in [0.5, 0.6) is 0 Å². The van der Waals surface area contributed by atoms with Gasteiger partial charge in [-0.3, -0.25) is 9.59 Å². The van der Waals surface area contributed by atoms with E-state index in [2.05, 4.69) is 36.3 Å². The first-order valence-corrected chi connectivity index (χ1v) is 11.2. The van der Waals surface area contributed by atoms with Gasteiger partial charge in [-0.2, -0.15) is 0 Å². The van der Waals surface area contributed by atoms with Gasteiger partial charge in [-0.25, -0.2) is 4.98 Å². The first kappa shape index (κ1) is 21.8. The zero-order chi connectivity index (χ0) is 22.5. The van der Waals surface area contributed by atoms with E-state index in [4.69, 9.17) is 4.42 Å². The van der Waals surface area contributed by atoms with E-state index in [0.29, 0.717) is 24.5 Å². The van der Waals surface area contributed by atoms with Gasteiger partial charge in [-0.15, -0.1) is 0 Å². The number of nitrogens with one attached hydrogen (secondary N) is 1. The molecule has 3 aromatic rings. The molecular formula is C26H29N3O3. The molecule has 1 fully saturated rings. The molecule has 1 N–H and O–H groups in total. The summed E-state index contributed by atoms with van der Waals surface area (Å²) in [4.78, 5) is 30.8. The summed E-state index contributed by atoms with van der Waals surface area (Å²) in [6.07, 6.45) is 5.01. The number of benzene rings is 2. The van der Waals surface area contributed by atoms with E-state index in [0.717, 1.165) is 42.7 Å². The normalized spacial score (nSPS) is 13.4. The molecule has 32 heavy (non-hydrogen) atoms. The number of nitrogens with zero attached hydrogens (tertiary/aromatic N) is 2. The Hall–Kier alpha value is -3.41. The van der Waals surface area contributed by atoms with Crippen molar-refractivity contribution in [3.63, 3.8) is 0 Å². The molecule has 0 atom stereocenters. The molecule has 1 aliphatic rings. The third kappa shape index (κ3) is 5.44. The zero-order valence-electron chi connectivity index (χ0n) is 18.7. The summed E-state index contributed by atoms with van der Waals surface area (Å²) in [5.74, 6) is 1.33. The van der Waals surface area contributed by atoms with Crippen molar-refractivity contribution in [2.24, 2.45) is 0 Å². The second-order valence-electron chi connectivity index (χ2n) is 8.43. The molecule has 0 saturated carbocycles. The minimum absolute atomic E-state index is 0.100. The summed E-state index contributed by atoms with van der Waals surface area (Å²) in [5, 5.41) is 2.90. The Morgan fingerprint density at radius 2 is 1.78 bits per heavy atom. The number of carbonyl (C=O) groups is 2. The molecule has 0 spiro atoms. The summed E-state index contributed by atoms with van der Waals surface area (Å²) in [5.41, 5.74) is 5.09. The van der Waals surface area contributed by atoms with Crippen LogP contribution in [0.2, 0.25) is 0 Å². The van der Waals surface area contributed by atoms with E-state index in [1.54, 1.807) is 6.20 Å². The Balaban J connectivity index is 1.26. The largest absolute Gasteiger partial charge is 0.441 e. The molecule has 6 heteroatoms. The van der Waals surface area contributed by atoms with E-state index in [1.165, 1.54) is 11.1 Å². The number of likely N-dealkylation sites (tertiary alicyclic amines) is 1. The summed E-state index contributed by atoms with van der Waals surface area (Å²) >= 11 is 0. The maximum atomic E-state index is 12.3. The van der Waals surface area contributed by atoms with Crippen LogP contribution in [-0.4, -0.2) is 34.8 Å². The minimum Gasteiger partial charge on any atom is -0.441 e. The van der Waals surface area contributed by atoms with Crippen molar-refractivity contribution >= 4 is 17.5 Å². The second kappa shape index (κ2) is 9.81. The number of aryl methyl sites for hydroxylation is 3. The van der Waals surface area contributed by atoms with Crippen molar-refractivity contribution in [3.8, 4) is 11.3 Å². The number of aromatic nitrogens is 1. The van der Waals surface area contributed by atoms with Gasteiger partial charge in [-0.05, 0) is 61.6 Å². The number of hydrogen-bond acceptors (Lipinski definition) is 4. The van der Waals surface area contributed by atoms with E-state index >= 15 is 0 Å². The maximum absolute atomic E-state index is 12.3. The van der Waals surface area contributed by atoms with Gasteiger partial charge < -0.3 is 14.6 Å². The Morgan fingerprint density at radius 1 is 1.03 bits per heavy atom. The lowest BCUT2D eigenvalue weighted by Crippen LogP contribution is -2.29. The molecule has 2 amide bonds. The Kier molecular flexibility index (Phi) is 6.69. The highest BCUT2D eigenvalue weighted by Crippen LogP contribution is 2.23. The van der Waals surface area contributed by atoms with E-state index < -0.39 is 0 Å². The number of carbonyl (C=O) groups excluding carboxylic acids is 2. The lowest BCUT2D eigenvalue weighted by Gasteiger charge is -2.15. The van der Waals surface area contributed by atoms with Crippen LogP contribution in [0.4, 0.5) is 5.69 Å². The van der Waals surface area contributed by atoms with Gasteiger partial charge in [0.2, 0.25) is 11.8 Å². The van der Waals surface area contributed by atoms with Crippen LogP contribution in [0.3, 0.4) is 0 Å². The topological polar surface area (TPSA) is 75.4 Å². The first-order valence-electron chi connectivity index (χ1n) is 11.2. The van der Waals surface area contributed by atoms with Gasteiger partial charge in [0.1, 0.15) is 0 Å². The Labute approximate surface area is 188 Å². The van der Waals surface area contributed by atoms with Crippen molar-refractivity contribution < 1.29 is 14.0 Å². The number of hydrogen-bond donors (Lipinski definition) is 1. The van der Waals surface area contributed by atoms with Crippen molar-refractivity contribution in [1.29, 1.82) is 0 Å². The third-order valence-corrected chi connectivity index (χ3v) is 5.96. The number of oxazole rings is 1. The predicted octanol–water partition coefficient (Wildman–Crippen LogP) is 4.69. The Morgan fingerprint density at radius 3 is 2.50 bits per heavy atom. The first-order chi connectivity index (χ1) is 15.5. The Bertz CT molecular complexity index is 1100. The standard InChI is InChI=1S/C26H29N3O3/c1-18-5-8-21(15-19(18)2)23-17-27-25(32-23)12-11-24(30)28-22-9-6-20(7-10-22)16-26(31)29-13-3-4-14-29/h5-10,15,17H,3-4,11-14,16H2,1-2H3,(H,28,30). The molecule has 4 rings (SSSR count). The van der Waals surface area contributed by atoms with Gasteiger partial charge in [0, 0.05) is 37.2 Å². The molecule has 6 nitrogen and oxygen atoms in total. The van der Waals surface area contributed by atoms with Gasteiger partial charge >= 0.3 is 0 Å². The van der Waals surface area contributed by atoms with Crippen LogP contribution in [0.15, 0.2) is 53.1 Å². The zero-order valence-corrected chi connectivity index (χ0v) is 18.7. The molecule has 1 aromatic heterocycles. The SMILES string of the molecule is Cc1ccc(-c2cnc(CCC(=O)Nc3ccc(CC(=O)N4CCCC4)cc3)o2)cc1C. The second-order valence-corrected chi connectivity index (χ2v) is 8.43. The molecule has 2 heterocycles. The monoisotopic (exact) mass is 431 g/mol. The highest BCUT2D eigenvalue weighted by Gasteiger charge is 2.18. The summed E-state index contributed by atoms with van der Waals surface area (Å²) in [6, 6.07) is 13.6. The smallest absolute Gasteiger partial charge is 0.226 e. The molecule has 0 radical (unpaired) electrons. The van der Waals surface area contributed by atoms with Crippen LogP contribution in [-0.2, 0) is 22.4 Å². The molecule has 0 aliphatic carbocycles. The minimum atomic E-state index is -0.100. The highest BCUT2D eigenvalue weighted by molar-refractivity contribution is 5.90. The van der Waals surface area contributed by atoms with Crippen LogP contribution < -0.4 is 5.32 Å². The molecule has 0 bridgehead atoms. The van der Waals surface area contributed by atoms with E-state index in [1.807, 2.05) is 35.2 Å². The van der Waals surface area contributed by atoms with Crippen molar-refractivity contribution in [2.45, 2.75) is 46.0 Å². The molecule has 166 valence electrons. The molecule has 1 aliphatic heterocycles. The van der Waals surface area contributed by atoms with Gasteiger partial charge in [0.15, 0.2) is 11.7 Å². The molecule has 2 aromatic carbocycles. The van der Waals surface area contributed by atoms with Crippen LogP contribution in [0.1, 0.15) is 41.8 Å². The number of anilines is 1. The third-order valence-electron chi connectivity index (χ3n) is 5.96. The van der Waals surface area contributed by atoms with Crippen molar-refractivity contribution in [2.75, 3.05) is 18.4 Å². The van der Waals surface area contributed by atoms with E-state index in [9.17, 15) is 9.59 Å². The fraction of sp³-hybridized carbons (Fsp3) is 0.346. The highest BCUT2D eigenvalue weighted by atomic mass is 16.4. The quantitative estimate of drug-likeness (QED) is 0.589. The maximum Gasteiger partial charge on any atom is 0.226 e. The van der Waals surface area contributed by atoms with Gasteiger partial charge in [0.25, 0.3) is 0 Å². The van der Waals surface area contributed by atoms with Crippen LogP contribution >= 0.6 is 0 Å². The molecule has 1 saturated heterocycles. The predicted molar refractivity (Wildman–Crippen MR) is 124 cm³/mol. The number of amides is 2. The summed E-state index contributed by atoms with van der Waals surface area (Å²) < 4.78 is 5.83. The average molecular weight is 432 g/mol. The summed E-state index contributed by atoms with van der Waals surface area (Å²) in [6.45, 7) is 5.87. The van der Waals surface area contributed by atoms with Gasteiger partial charge in [0.05, 0.1) is 12.6 Å². The molecular weight excluding hydrogens is 402 g/mol. The van der Waals surface area contributed by atoms with Crippen LogP contribution in [0.25, 0.3) is 11.3 Å². The fourth-order valence-electron chi connectivity index (χ4n) is 3.86. The average Bonchev–Trinajstić information content (AvgIpc) is 3.48. The number of rotatable bonds is 7. The fourth-order valence-corrected chi connectivity index (χ4v) is 3.86. The van der Waals surface area contributed by atoms with Crippen LogP contribution in [0, 0.1) is 13.8 Å². The lowest BCUT2D eigenvalue weighted by atomic mass is 10.1. The van der Waals surface area contributed by atoms with Crippen molar-refractivity contribution in [1.82, 2.24) is 9.88 Å².